The van der Waals surface area contributed by atoms with E-state index in [-0.39, 0.29) is 16.6 Å². The maximum absolute atomic E-state index is 12.1. The van der Waals surface area contributed by atoms with Gasteiger partial charge < -0.3 is 15.1 Å². The second-order valence-corrected chi connectivity index (χ2v) is 9.89. The van der Waals surface area contributed by atoms with Crippen molar-refractivity contribution >= 4 is 62.5 Å². The van der Waals surface area contributed by atoms with E-state index in [0.29, 0.717) is 15.2 Å². The Morgan fingerprint density at radius 2 is 1.79 bits per heavy atom. The second kappa shape index (κ2) is 10.3. The number of rotatable bonds is 9. The molecule has 156 valence electrons. The van der Waals surface area contributed by atoms with Gasteiger partial charge in [0.25, 0.3) is 10.0 Å². The van der Waals surface area contributed by atoms with Gasteiger partial charge in [0.2, 0.25) is 11.0 Å². The average molecular weight is 456 g/mol. The van der Waals surface area contributed by atoms with Gasteiger partial charge >= 0.3 is 0 Å². The first-order valence-corrected chi connectivity index (χ1v) is 11.4. The van der Waals surface area contributed by atoms with Crippen molar-refractivity contribution in [2.24, 2.45) is 9.39 Å². The van der Waals surface area contributed by atoms with Gasteiger partial charge in [-0.15, -0.1) is 14.6 Å². The number of thioether (sulfide) groups is 1. The molecule has 2 rings (SSSR count). The highest BCUT2D eigenvalue weighted by Gasteiger charge is 2.13. The molecular formula is C16H21N7O3S3. The van der Waals surface area contributed by atoms with E-state index in [2.05, 4.69) is 24.9 Å². The van der Waals surface area contributed by atoms with Gasteiger partial charge in [-0.05, 0) is 24.3 Å². The molecule has 0 aliphatic heterocycles. The normalized spacial score (nSPS) is 11.9. The predicted molar refractivity (Wildman–Crippen MR) is 117 cm³/mol. The molecule has 0 saturated heterocycles. The number of amides is 1. The molecule has 29 heavy (non-hydrogen) atoms. The lowest BCUT2D eigenvalue weighted by Gasteiger charge is -2.06. The van der Waals surface area contributed by atoms with E-state index >= 15 is 0 Å². The summed E-state index contributed by atoms with van der Waals surface area (Å²) in [6.45, 7) is 0. The van der Waals surface area contributed by atoms with Crippen LogP contribution in [0.25, 0.3) is 0 Å². The van der Waals surface area contributed by atoms with Gasteiger partial charge in [-0.25, -0.2) is 4.99 Å². The summed E-state index contributed by atoms with van der Waals surface area (Å²) in [4.78, 5) is 19.6. The first-order chi connectivity index (χ1) is 13.7. The molecule has 13 heteroatoms. The molecule has 0 atom stereocenters. The summed E-state index contributed by atoms with van der Waals surface area (Å²) >= 11 is 2.53. The Balaban J connectivity index is 1.90. The number of carbonyl (C=O) groups is 1. The monoisotopic (exact) mass is 455 g/mol. The molecule has 0 radical (unpaired) electrons. The zero-order valence-corrected chi connectivity index (χ0v) is 18.8. The lowest BCUT2D eigenvalue weighted by Crippen LogP contribution is -2.14. The lowest BCUT2D eigenvalue weighted by atomic mass is 10.3. The average Bonchev–Trinajstić information content (AvgIpc) is 3.12. The molecule has 0 aliphatic rings. The summed E-state index contributed by atoms with van der Waals surface area (Å²) < 4.78 is 28.3. The van der Waals surface area contributed by atoms with E-state index in [9.17, 15) is 13.2 Å². The molecule has 0 bridgehead atoms. The van der Waals surface area contributed by atoms with Crippen LogP contribution >= 0.6 is 23.1 Å². The van der Waals surface area contributed by atoms with Crippen molar-refractivity contribution in [1.82, 2.24) is 20.0 Å². The first-order valence-electron chi connectivity index (χ1n) is 8.19. The number of aliphatic imine (C=N–C) groups is 1. The van der Waals surface area contributed by atoms with E-state index in [4.69, 9.17) is 0 Å². The number of hydrogen-bond donors (Lipinski definition) is 1. The number of hydrogen-bond acceptors (Lipinski definition) is 8. The Bertz CT molecular complexity index is 983. The van der Waals surface area contributed by atoms with E-state index in [1.54, 1.807) is 25.3 Å². The molecule has 0 aliphatic carbocycles. The van der Waals surface area contributed by atoms with Gasteiger partial charge in [0.15, 0.2) is 4.34 Å². The maximum atomic E-state index is 12.1. The van der Waals surface area contributed by atoms with Crippen molar-refractivity contribution in [3.05, 3.63) is 24.3 Å². The SMILES string of the molecule is CN(C)/C=N/c1nnc(SCC(=O)Nc2ccc(S(=O)(=O)/N=C/N(C)C)cc2)s1. The highest BCUT2D eigenvalue weighted by atomic mass is 32.2. The van der Waals surface area contributed by atoms with E-state index in [0.717, 1.165) is 0 Å². The fraction of sp³-hybridized carbons (Fsp3) is 0.312. The topological polar surface area (TPSA) is 120 Å². The lowest BCUT2D eigenvalue weighted by molar-refractivity contribution is -0.113. The van der Waals surface area contributed by atoms with E-state index in [1.165, 1.54) is 58.6 Å². The molecule has 1 aromatic heterocycles. The Labute approximate surface area is 177 Å². The van der Waals surface area contributed by atoms with Crippen molar-refractivity contribution < 1.29 is 13.2 Å². The summed E-state index contributed by atoms with van der Waals surface area (Å²) in [5.74, 6) is -0.107. The molecule has 0 saturated carbocycles. The van der Waals surface area contributed by atoms with Crippen LogP contribution in [0, 0.1) is 0 Å². The fourth-order valence-corrected chi connectivity index (χ4v) is 4.12. The van der Waals surface area contributed by atoms with E-state index in [1.807, 2.05) is 14.1 Å². The minimum Gasteiger partial charge on any atom is -0.369 e. The molecule has 2 aromatic rings. The van der Waals surface area contributed by atoms with Gasteiger partial charge in [-0.3, -0.25) is 4.79 Å². The molecule has 1 amide bonds. The Morgan fingerprint density at radius 3 is 2.41 bits per heavy atom. The van der Waals surface area contributed by atoms with Crippen LogP contribution in [0.4, 0.5) is 10.8 Å². The van der Waals surface area contributed by atoms with E-state index < -0.39 is 10.0 Å². The molecule has 1 N–H and O–H groups in total. The summed E-state index contributed by atoms with van der Waals surface area (Å²) in [5.41, 5.74) is 0.486. The van der Waals surface area contributed by atoms with Gasteiger partial charge in [0.05, 0.1) is 17.0 Å². The van der Waals surface area contributed by atoms with Gasteiger partial charge in [0.1, 0.15) is 6.34 Å². The van der Waals surface area contributed by atoms with Crippen LogP contribution in [-0.4, -0.2) is 80.9 Å². The Hall–Kier alpha value is -2.51. The smallest absolute Gasteiger partial charge is 0.283 e. The molecule has 1 aromatic carbocycles. The van der Waals surface area contributed by atoms with Crippen molar-refractivity contribution in [3.8, 4) is 0 Å². The van der Waals surface area contributed by atoms with Crippen LogP contribution in [0.5, 0.6) is 0 Å². The Kier molecular flexibility index (Phi) is 8.10. The minimum absolute atomic E-state index is 0.0441. The van der Waals surface area contributed by atoms with Crippen molar-refractivity contribution in [2.75, 3.05) is 39.3 Å². The third kappa shape index (κ3) is 7.79. The molecule has 1 heterocycles. The molecule has 0 unspecified atom stereocenters. The van der Waals surface area contributed by atoms with Crippen molar-refractivity contribution in [2.45, 2.75) is 9.24 Å². The fourth-order valence-electron chi connectivity index (χ4n) is 1.73. The van der Waals surface area contributed by atoms with Crippen LogP contribution in [0.3, 0.4) is 0 Å². The molecule has 10 nitrogen and oxygen atoms in total. The summed E-state index contributed by atoms with van der Waals surface area (Å²) in [7, 11) is 3.28. The van der Waals surface area contributed by atoms with Gasteiger partial charge in [0, 0.05) is 33.9 Å². The summed E-state index contributed by atoms with van der Waals surface area (Å²) in [6, 6.07) is 5.81. The standard InChI is InChI=1S/C16H21N7O3S3/c1-22(2)10-17-15-20-21-16(28-15)27-9-14(24)19-12-5-7-13(8-6-12)29(25,26)18-11-23(3)4/h5-8,10-11H,9H2,1-4H3,(H,19,24)/b17-10+,18-11+. The number of nitrogens with zero attached hydrogens (tertiary/aromatic N) is 6. The van der Waals surface area contributed by atoms with Gasteiger partial charge in [-0.1, -0.05) is 23.1 Å². The zero-order chi connectivity index (χ0) is 21.4. The quantitative estimate of drug-likeness (QED) is 0.345. The minimum atomic E-state index is -3.77. The number of nitrogens with one attached hydrogen (secondary N) is 1. The maximum Gasteiger partial charge on any atom is 0.283 e. The van der Waals surface area contributed by atoms with Crippen LogP contribution < -0.4 is 5.32 Å². The number of sulfonamides is 1. The molecule has 0 spiro atoms. The largest absolute Gasteiger partial charge is 0.369 e. The number of anilines is 1. The predicted octanol–water partition coefficient (Wildman–Crippen LogP) is 1.77. The molecule has 0 fully saturated rings. The summed E-state index contributed by atoms with van der Waals surface area (Å²) in [6.07, 6.45) is 2.84. The third-order valence-corrected chi connectivity index (χ3v) is 6.18. The van der Waals surface area contributed by atoms with Crippen LogP contribution in [0.1, 0.15) is 0 Å². The highest BCUT2D eigenvalue weighted by Crippen LogP contribution is 2.27. The highest BCUT2D eigenvalue weighted by molar-refractivity contribution is 8.01. The van der Waals surface area contributed by atoms with Crippen molar-refractivity contribution in [1.29, 1.82) is 0 Å². The number of aromatic nitrogens is 2. The number of carbonyl (C=O) groups excluding carboxylic acids is 1. The second-order valence-electron chi connectivity index (χ2n) is 6.08. The van der Waals surface area contributed by atoms with Crippen LogP contribution in [-0.2, 0) is 14.8 Å². The van der Waals surface area contributed by atoms with Crippen LogP contribution in [0.15, 0.2) is 42.9 Å². The first kappa shape index (κ1) is 22.8. The van der Waals surface area contributed by atoms with Gasteiger partial charge in [-0.2, -0.15) is 8.42 Å². The Morgan fingerprint density at radius 1 is 1.14 bits per heavy atom. The number of benzene rings is 1. The zero-order valence-electron chi connectivity index (χ0n) is 16.3. The molecular weight excluding hydrogens is 434 g/mol. The van der Waals surface area contributed by atoms with Crippen LogP contribution in [0.2, 0.25) is 0 Å². The van der Waals surface area contributed by atoms with Crippen molar-refractivity contribution in [3.63, 3.8) is 0 Å². The summed E-state index contributed by atoms with van der Waals surface area (Å²) in [5, 5.41) is 11.1. The third-order valence-electron chi connectivity index (χ3n) is 2.97.